The van der Waals surface area contributed by atoms with Gasteiger partial charge in [-0.3, -0.25) is 4.79 Å². The smallest absolute Gasteiger partial charge is 0.256 e. The molecule has 0 saturated heterocycles. The summed E-state index contributed by atoms with van der Waals surface area (Å²) >= 11 is 5.91. The van der Waals surface area contributed by atoms with E-state index in [1.165, 1.54) is 6.20 Å². The highest BCUT2D eigenvalue weighted by atomic mass is 35.5. The Balaban J connectivity index is 1.83. The van der Waals surface area contributed by atoms with Crippen LogP contribution in [-0.2, 0) is 6.42 Å². The molecule has 0 aliphatic carbocycles. The van der Waals surface area contributed by atoms with Crippen LogP contribution in [0.25, 0.3) is 0 Å². The molecule has 1 aliphatic rings. The summed E-state index contributed by atoms with van der Waals surface area (Å²) in [7, 11) is 4.86. The third-order valence-electron chi connectivity index (χ3n) is 5.54. The van der Waals surface area contributed by atoms with E-state index in [2.05, 4.69) is 4.98 Å². The van der Waals surface area contributed by atoms with Crippen LogP contribution >= 0.6 is 11.6 Å². The van der Waals surface area contributed by atoms with Crippen LogP contribution in [0.1, 0.15) is 33.1 Å². The third-order valence-corrected chi connectivity index (χ3v) is 5.76. The molecule has 3 aromatic rings. The van der Waals surface area contributed by atoms with Crippen LogP contribution in [-0.4, -0.2) is 43.7 Å². The summed E-state index contributed by atoms with van der Waals surface area (Å²) in [5, 5.41) is 0.351. The van der Waals surface area contributed by atoms with Crippen molar-refractivity contribution in [2.75, 3.05) is 27.9 Å². The Morgan fingerprint density at radius 3 is 2.32 bits per heavy atom. The third kappa shape index (κ3) is 4.03. The lowest BCUT2D eigenvalue weighted by Crippen LogP contribution is -2.40. The van der Waals surface area contributed by atoms with Crippen LogP contribution in [0, 0.1) is 0 Å². The summed E-state index contributed by atoms with van der Waals surface area (Å²) in [6, 6.07) is 14.8. The van der Waals surface area contributed by atoms with E-state index in [0.717, 1.165) is 22.4 Å². The van der Waals surface area contributed by atoms with Gasteiger partial charge in [0.05, 0.1) is 32.9 Å². The summed E-state index contributed by atoms with van der Waals surface area (Å²) in [5.74, 6) is 1.95. The van der Waals surface area contributed by atoms with E-state index in [0.29, 0.717) is 35.2 Å². The molecule has 1 unspecified atom stereocenters. The second-order valence-electron chi connectivity index (χ2n) is 7.20. The molecule has 1 aliphatic heterocycles. The SMILES string of the molecule is COc1ccc(C2c3cc(OC)c(OC)cc3CCN2C(=O)c2ccc(Cl)nc2)cc1. The van der Waals surface area contributed by atoms with Crippen molar-refractivity contribution in [1.29, 1.82) is 0 Å². The van der Waals surface area contributed by atoms with Crippen molar-refractivity contribution in [2.45, 2.75) is 12.5 Å². The number of pyridine rings is 1. The Hall–Kier alpha value is -3.25. The molecule has 0 saturated carbocycles. The molecular weight excluding hydrogens is 416 g/mol. The number of aromatic nitrogens is 1. The number of hydrogen-bond donors (Lipinski definition) is 0. The predicted octanol–water partition coefficient (Wildman–Crippen LogP) is 4.55. The summed E-state index contributed by atoms with van der Waals surface area (Å²) in [6.07, 6.45) is 2.22. The van der Waals surface area contributed by atoms with Crippen LogP contribution in [0.15, 0.2) is 54.7 Å². The first-order chi connectivity index (χ1) is 15.0. The molecule has 1 aromatic heterocycles. The van der Waals surface area contributed by atoms with E-state index < -0.39 is 0 Å². The van der Waals surface area contributed by atoms with Crippen LogP contribution < -0.4 is 14.2 Å². The number of carbonyl (C=O) groups excluding carboxylic acids is 1. The maximum Gasteiger partial charge on any atom is 0.256 e. The van der Waals surface area contributed by atoms with Gasteiger partial charge in [0.25, 0.3) is 5.91 Å². The average molecular weight is 439 g/mol. The van der Waals surface area contributed by atoms with E-state index in [1.54, 1.807) is 33.5 Å². The zero-order valence-corrected chi connectivity index (χ0v) is 18.3. The van der Waals surface area contributed by atoms with Gasteiger partial charge in [0.2, 0.25) is 0 Å². The number of rotatable bonds is 5. The monoisotopic (exact) mass is 438 g/mol. The highest BCUT2D eigenvalue weighted by Gasteiger charge is 2.34. The summed E-state index contributed by atoms with van der Waals surface area (Å²) in [4.78, 5) is 19.4. The summed E-state index contributed by atoms with van der Waals surface area (Å²) in [6.45, 7) is 0.556. The minimum Gasteiger partial charge on any atom is -0.497 e. The fraction of sp³-hybridized carbons (Fsp3) is 0.250. The summed E-state index contributed by atoms with van der Waals surface area (Å²) in [5.41, 5.74) is 3.59. The molecule has 2 aromatic carbocycles. The number of fused-ring (bicyclic) bond motifs is 1. The Morgan fingerprint density at radius 1 is 1.00 bits per heavy atom. The number of halogens is 1. The molecule has 1 amide bonds. The van der Waals surface area contributed by atoms with Gasteiger partial charge in [-0.1, -0.05) is 23.7 Å². The fourth-order valence-corrected chi connectivity index (χ4v) is 4.09. The Bertz CT molecular complexity index is 1080. The highest BCUT2D eigenvalue weighted by molar-refractivity contribution is 6.29. The molecule has 31 heavy (non-hydrogen) atoms. The molecule has 0 N–H and O–H groups in total. The van der Waals surface area contributed by atoms with Crippen molar-refractivity contribution in [3.05, 3.63) is 82.1 Å². The molecular formula is C24H23ClN2O4. The number of ether oxygens (including phenoxy) is 3. The van der Waals surface area contributed by atoms with Gasteiger partial charge in [-0.15, -0.1) is 0 Å². The van der Waals surface area contributed by atoms with Crippen molar-refractivity contribution >= 4 is 17.5 Å². The number of hydrogen-bond acceptors (Lipinski definition) is 5. The maximum absolute atomic E-state index is 13.5. The second kappa shape index (κ2) is 8.86. The number of amides is 1. The maximum atomic E-state index is 13.5. The molecule has 6 nitrogen and oxygen atoms in total. The van der Waals surface area contributed by atoms with E-state index in [9.17, 15) is 4.79 Å². The molecule has 160 valence electrons. The highest BCUT2D eigenvalue weighted by Crippen LogP contribution is 2.41. The second-order valence-corrected chi connectivity index (χ2v) is 7.59. The number of methoxy groups -OCH3 is 3. The van der Waals surface area contributed by atoms with E-state index in [4.69, 9.17) is 25.8 Å². The minimum absolute atomic E-state index is 0.106. The van der Waals surface area contributed by atoms with Gasteiger partial charge in [-0.25, -0.2) is 4.98 Å². The first-order valence-corrected chi connectivity index (χ1v) is 10.2. The lowest BCUT2D eigenvalue weighted by molar-refractivity contribution is 0.0693. The normalized spacial score (nSPS) is 15.2. The van der Waals surface area contributed by atoms with E-state index in [-0.39, 0.29) is 11.9 Å². The van der Waals surface area contributed by atoms with Gasteiger partial charge >= 0.3 is 0 Å². The van der Waals surface area contributed by atoms with Gasteiger partial charge in [0, 0.05) is 12.7 Å². The molecule has 0 bridgehead atoms. The van der Waals surface area contributed by atoms with E-state index in [1.807, 2.05) is 41.3 Å². The Labute approximate surface area is 186 Å². The summed E-state index contributed by atoms with van der Waals surface area (Å²) < 4.78 is 16.3. The van der Waals surface area contributed by atoms with Gasteiger partial charge in [-0.05, 0) is 59.5 Å². The van der Waals surface area contributed by atoms with Crippen LogP contribution in [0.4, 0.5) is 0 Å². The number of carbonyl (C=O) groups is 1. The molecule has 4 rings (SSSR count). The minimum atomic E-state index is -0.294. The van der Waals surface area contributed by atoms with Gasteiger partial charge in [0.15, 0.2) is 11.5 Å². The Kier molecular flexibility index (Phi) is 6.00. The van der Waals surface area contributed by atoms with Crippen molar-refractivity contribution in [1.82, 2.24) is 9.88 Å². The average Bonchev–Trinajstić information content (AvgIpc) is 2.82. The van der Waals surface area contributed by atoms with Crippen molar-refractivity contribution in [3.63, 3.8) is 0 Å². The van der Waals surface area contributed by atoms with Gasteiger partial charge < -0.3 is 19.1 Å². The van der Waals surface area contributed by atoms with E-state index >= 15 is 0 Å². The standard InChI is InChI=1S/C24H23ClN2O4/c1-29-18-7-4-15(5-8-18)23-19-13-21(31-3)20(30-2)12-16(19)10-11-27(23)24(28)17-6-9-22(25)26-14-17/h4-9,12-14,23H,10-11H2,1-3H3. The molecule has 0 spiro atoms. The predicted molar refractivity (Wildman–Crippen MR) is 118 cm³/mol. The zero-order valence-electron chi connectivity index (χ0n) is 17.6. The van der Waals surface area contributed by atoms with Gasteiger partial charge in [0.1, 0.15) is 10.9 Å². The van der Waals surface area contributed by atoms with Crippen molar-refractivity contribution < 1.29 is 19.0 Å². The van der Waals surface area contributed by atoms with Crippen molar-refractivity contribution in [2.24, 2.45) is 0 Å². The molecule has 7 heteroatoms. The van der Waals surface area contributed by atoms with Crippen LogP contribution in [0.5, 0.6) is 17.2 Å². The molecule has 2 heterocycles. The first-order valence-electron chi connectivity index (χ1n) is 9.87. The first kappa shape index (κ1) is 21.0. The van der Waals surface area contributed by atoms with Crippen molar-refractivity contribution in [3.8, 4) is 17.2 Å². The topological polar surface area (TPSA) is 60.9 Å². The molecule has 1 atom stereocenters. The molecule has 0 fully saturated rings. The lowest BCUT2D eigenvalue weighted by Gasteiger charge is -2.38. The molecule has 0 radical (unpaired) electrons. The number of benzene rings is 2. The van der Waals surface area contributed by atoms with Crippen LogP contribution in [0.3, 0.4) is 0 Å². The van der Waals surface area contributed by atoms with Gasteiger partial charge in [-0.2, -0.15) is 0 Å². The zero-order chi connectivity index (χ0) is 22.0. The fourth-order valence-electron chi connectivity index (χ4n) is 3.98. The largest absolute Gasteiger partial charge is 0.497 e. The number of nitrogens with zero attached hydrogens (tertiary/aromatic N) is 2. The lowest BCUT2D eigenvalue weighted by atomic mass is 9.87. The Morgan fingerprint density at radius 2 is 1.71 bits per heavy atom. The quantitative estimate of drug-likeness (QED) is 0.547. The van der Waals surface area contributed by atoms with Crippen LogP contribution in [0.2, 0.25) is 5.15 Å².